The van der Waals surface area contributed by atoms with Crippen LogP contribution in [0.25, 0.3) is 0 Å². The molecule has 0 saturated carbocycles. The van der Waals surface area contributed by atoms with Gasteiger partial charge in [-0.25, -0.2) is 26.3 Å². The monoisotopic (exact) mass is 608 g/mol. The summed E-state index contributed by atoms with van der Waals surface area (Å²) in [6, 6.07) is 17.7. The Hall–Kier alpha value is -5.28. The molecular formula is C26H14F10N2O4. The first-order valence-electron chi connectivity index (χ1n) is 10.8. The summed E-state index contributed by atoms with van der Waals surface area (Å²) in [5.74, 6) is -27.3. The number of anilines is 2. The van der Waals surface area contributed by atoms with E-state index in [9.17, 15) is 53.5 Å². The summed E-state index contributed by atoms with van der Waals surface area (Å²) in [6.45, 7) is 0. The molecule has 0 fully saturated rings. The molecule has 222 valence electrons. The number of amides is 2. The Morgan fingerprint density at radius 3 is 0.857 bits per heavy atom. The minimum absolute atomic E-state index is 0.589. The molecule has 4 aromatic carbocycles. The molecule has 0 aliphatic rings. The van der Waals surface area contributed by atoms with Crippen LogP contribution in [0.15, 0.2) is 60.7 Å². The molecule has 0 aliphatic carbocycles. The molecule has 42 heavy (non-hydrogen) atoms. The molecule has 0 aliphatic heterocycles. The molecule has 0 aromatic heterocycles. The van der Waals surface area contributed by atoms with Crippen LogP contribution in [0.2, 0.25) is 0 Å². The number of rotatable bonds is 2. The van der Waals surface area contributed by atoms with Crippen LogP contribution in [0.1, 0.15) is 0 Å². The molecule has 4 N–H and O–H groups in total. The maximum absolute atomic E-state index is 12.2. The first kappa shape index (κ1) is 32.9. The Balaban J connectivity index is 0.000000228. The molecule has 0 saturated heterocycles. The second-order valence-electron chi connectivity index (χ2n) is 7.48. The molecular weight excluding hydrogens is 594 g/mol. The Kier molecular flexibility index (Phi) is 11.3. The van der Waals surface area contributed by atoms with Crippen LogP contribution in [0, 0.1) is 58.2 Å². The lowest BCUT2D eigenvalue weighted by molar-refractivity contribution is -0.132. The van der Waals surface area contributed by atoms with Gasteiger partial charge in [-0.2, -0.15) is 17.6 Å². The lowest BCUT2D eigenvalue weighted by Gasteiger charge is -2.05. The Bertz CT molecular complexity index is 1260. The van der Waals surface area contributed by atoms with E-state index < -0.39 is 81.5 Å². The number of nitrogens with one attached hydrogen (secondary N) is 2. The third-order valence-corrected chi connectivity index (χ3v) is 4.64. The maximum atomic E-state index is 12.2. The highest BCUT2D eigenvalue weighted by Crippen LogP contribution is 2.28. The standard InChI is InChI=1S/C14H12N2O2.2C6HF5O/c17-13(15-11-7-3-1-4-8-11)14(18)16-12-9-5-2-6-10-12;2*7-1-2(8)4(10)6(12)5(11)3(1)9/h1-10H,(H,15,17)(H,16,18);2*12H. The van der Waals surface area contributed by atoms with Crippen LogP contribution in [0.4, 0.5) is 55.3 Å². The fraction of sp³-hybridized carbons (Fsp3) is 0. The predicted molar refractivity (Wildman–Crippen MR) is 126 cm³/mol. The van der Waals surface area contributed by atoms with Crippen LogP contribution in [0.5, 0.6) is 11.5 Å². The summed E-state index contributed by atoms with van der Waals surface area (Å²) < 4.78 is 121. The van der Waals surface area contributed by atoms with Gasteiger partial charge in [0.05, 0.1) is 0 Å². The first-order valence-corrected chi connectivity index (χ1v) is 10.8. The normalized spacial score (nSPS) is 10.0. The fourth-order valence-corrected chi connectivity index (χ4v) is 2.61. The van der Waals surface area contributed by atoms with Gasteiger partial charge in [0.1, 0.15) is 0 Å². The molecule has 2 amide bonds. The minimum Gasteiger partial charge on any atom is -0.503 e. The minimum atomic E-state index is -2.29. The number of aromatic hydroxyl groups is 2. The van der Waals surface area contributed by atoms with Crippen molar-refractivity contribution in [2.24, 2.45) is 0 Å². The Morgan fingerprint density at radius 2 is 0.619 bits per heavy atom. The summed E-state index contributed by atoms with van der Waals surface area (Å²) >= 11 is 0. The second kappa shape index (κ2) is 14.4. The maximum Gasteiger partial charge on any atom is 0.314 e. The topological polar surface area (TPSA) is 98.7 Å². The number of halogens is 10. The van der Waals surface area contributed by atoms with Crippen molar-refractivity contribution in [3.8, 4) is 11.5 Å². The highest BCUT2D eigenvalue weighted by atomic mass is 19.2. The van der Waals surface area contributed by atoms with Gasteiger partial charge in [-0.15, -0.1) is 0 Å². The largest absolute Gasteiger partial charge is 0.503 e. The predicted octanol–water partition coefficient (Wildman–Crippen LogP) is 6.44. The van der Waals surface area contributed by atoms with Crippen molar-refractivity contribution in [2.45, 2.75) is 0 Å². The van der Waals surface area contributed by atoms with Gasteiger partial charge < -0.3 is 20.8 Å². The van der Waals surface area contributed by atoms with Gasteiger partial charge in [0.25, 0.3) is 0 Å². The van der Waals surface area contributed by atoms with Gasteiger partial charge in [0.2, 0.25) is 58.2 Å². The van der Waals surface area contributed by atoms with Crippen molar-refractivity contribution in [1.82, 2.24) is 0 Å². The SMILES string of the molecule is O=C(Nc1ccccc1)C(=O)Nc1ccccc1.Oc1c(F)c(F)c(F)c(F)c1F.Oc1c(F)c(F)c(F)c(F)c1F. The van der Waals surface area contributed by atoms with Crippen molar-refractivity contribution in [2.75, 3.05) is 10.6 Å². The van der Waals surface area contributed by atoms with E-state index in [1.54, 1.807) is 48.5 Å². The number of carbonyl (C=O) groups excluding carboxylic acids is 2. The summed E-state index contributed by atoms with van der Waals surface area (Å²) in [7, 11) is 0. The summed E-state index contributed by atoms with van der Waals surface area (Å²) in [4.78, 5) is 23.2. The zero-order chi connectivity index (χ0) is 31.7. The van der Waals surface area contributed by atoms with Gasteiger partial charge in [0, 0.05) is 11.4 Å². The van der Waals surface area contributed by atoms with E-state index in [2.05, 4.69) is 10.6 Å². The van der Waals surface area contributed by atoms with Gasteiger partial charge in [-0.3, -0.25) is 9.59 Å². The highest BCUT2D eigenvalue weighted by molar-refractivity contribution is 6.43. The molecule has 0 unspecified atom stereocenters. The van der Waals surface area contributed by atoms with Crippen molar-refractivity contribution >= 4 is 23.2 Å². The Morgan fingerprint density at radius 1 is 0.405 bits per heavy atom. The smallest absolute Gasteiger partial charge is 0.314 e. The molecule has 0 spiro atoms. The average molecular weight is 608 g/mol. The lowest BCUT2D eigenvalue weighted by Crippen LogP contribution is -2.28. The molecule has 0 atom stereocenters. The molecule has 4 rings (SSSR count). The third-order valence-electron chi connectivity index (χ3n) is 4.64. The number of phenolic OH excluding ortho intramolecular Hbond substituents is 2. The van der Waals surface area contributed by atoms with E-state index in [1.165, 1.54) is 0 Å². The summed E-state index contributed by atoms with van der Waals surface area (Å²) in [5.41, 5.74) is 1.18. The summed E-state index contributed by atoms with van der Waals surface area (Å²) in [6.07, 6.45) is 0. The van der Waals surface area contributed by atoms with Crippen molar-refractivity contribution in [3.63, 3.8) is 0 Å². The van der Waals surface area contributed by atoms with Crippen molar-refractivity contribution in [1.29, 1.82) is 0 Å². The number of phenols is 2. The van der Waals surface area contributed by atoms with E-state index >= 15 is 0 Å². The van der Waals surface area contributed by atoms with Gasteiger partial charge in [0.15, 0.2) is 11.5 Å². The molecule has 0 heterocycles. The van der Waals surface area contributed by atoms with Gasteiger partial charge in [-0.1, -0.05) is 36.4 Å². The van der Waals surface area contributed by atoms with Crippen LogP contribution in [0.3, 0.4) is 0 Å². The number of hydrogen-bond acceptors (Lipinski definition) is 4. The van der Waals surface area contributed by atoms with Crippen LogP contribution in [-0.4, -0.2) is 22.0 Å². The van der Waals surface area contributed by atoms with Gasteiger partial charge >= 0.3 is 11.8 Å². The van der Waals surface area contributed by atoms with Crippen molar-refractivity contribution < 1.29 is 63.7 Å². The zero-order valence-corrected chi connectivity index (χ0v) is 20.3. The molecule has 6 nitrogen and oxygen atoms in total. The van der Waals surface area contributed by atoms with Crippen LogP contribution in [-0.2, 0) is 9.59 Å². The molecule has 0 radical (unpaired) electrons. The highest BCUT2D eigenvalue weighted by Gasteiger charge is 2.26. The van der Waals surface area contributed by atoms with E-state index in [-0.39, 0.29) is 0 Å². The lowest BCUT2D eigenvalue weighted by atomic mass is 10.3. The summed E-state index contributed by atoms with van der Waals surface area (Å²) in [5, 5.41) is 21.6. The third kappa shape index (κ3) is 7.89. The van der Waals surface area contributed by atoms with Gasteiger partial charge in [-0.05, 0) is 24.3 Å². The van der Waals surface area contributed by atoms with E-state index in [0.29, 0.717) is 11.4 Å². The van der Waals surface area contributed by atoms with E-state index in [0.717, 1.165) is 0 Å². The zero-order valence-electron chi connectivity index (χ0n) is 20.3. The number of benzene rings is 4. The molecule has 4 aromatic rings. The van der Waals surface area contributed by atoms with E-state index in [4.69, 9.17) is 10.2 Å². The number of carbonyl (C=O) groups is 2. The van der Waals surface area contributed by atoms with E-state index in [1.807, 2.05) is 12.1 Å². The van der Waals surface area contributed by atoms with Crippen LogP contribution < -0.4 is 10.6 Å². The number of hydrogen-bond donors (Lipinski definition) is 4. The van der Waals surface area contributed by atoms with Crippen molar-refractivity contribution in [3.05, 3.63) is 119 Å². The molecule has 16 heteroatoms. The average Bonchev–Trinajstić information content (AvgIpc) is 3.00. The first-order chi connectivity index (χ1) is 19.7. The Labute approximate surface area is 228 Å². The number of para-hydroxylation sites is 2. The van der Waals surface area contributed by atoms with Crippen LogP contribution >= 0.6 is 0 Å². The quantitative estimate of drug-likeness (QED) is 0.0912. The second-order valence-corrected chi connectivity index (χ2v) is 7.48. The molecule has 0 bridgehead atoms. The fourth-order valence-electron chi connectivity index (χ4n) is 2.61.